The van der Waals surface area contributed by atoms with Crippen LogP contribution in [0.5, 0.6) is 0 Å². The summed E-state index contributed by atoms with van der Waals surface area (Å²) < 4.78 is 0. The number of carbonyl (C=O) groups excluding carboxylic acids is 2. The Labute approximate surface area is 102 Å². The summed E-state index contributed by atoms with van der Waals surface area (Å²) in [6.07, 6.45) is 1.60. The third kappa shape index (κ3) is 4.32. The number of carbonyl (C=O) groups is 2. The highest BCUT2D eigenvalue weighted by Crippen LogP contribution is 2.06. The fraction of sp³-hybridized carbons (Fsp3) is 0.818. The summed E-state index contributed by atoms with van der Waals surface area (Å²) in [4.78, 5) is 26.9. The molecule has 1 saturated heterocycles. The Bertz CT molecular complexity index is 244. The molecule has 17 heavy (non-hydrogen) atoms. The Morgan fingerprint density at radius 3 is 1.59 bits per heavy atom. The molecule has 0 aliphatic carbocycles. The second kappa shape index (κ2) is 7.24. The van der Waals surface area contributed by atoms with Gasteiger partial charge in [-0.15, -0.1) is 0 Å². The van der Waals surface area contributed by atoms with Crippen LogP contribution in [0.25, 0.3) is 0 Å². The second-order valence-corrected chi connectivity index (χ2v) is 4.19. The van der Waals surface area contributed by atoms with E-state index >= 15 is 0 Å². The minimum atomic E-state index is 0.0839. The third-order valence-electron chi connectivity index (χ3n) is 2.92. The zero-order chi connectivity index (χ0) is 12.7. The van der Waals surface area contributed by atoms with Crippen molar-refractivity contribution in [2.45, 2.75) is 19.3 Å². The first-order valence-electron chi connectivity index (χ1n) is 6.14. The third-order valence-corrected chi connectivity index (χ3v) is 2.92. The molecule has 6 nitrogen and oxygen atoms in total. The van der Waals surface area contributed by atoms with Crippen molar-refractivity contribution in [1.82, 2.24) is 9.80 Å². The average molecular weight is 242 g/mol. The number of hydrogen-bond donors (Lipinski definition) is 2. The summed E-state index contributed by atoms with van der Waals surface area (Å²) in [6, 6.07) is 0. The van der Waals surface area contributed by atoms with E-state index in [-0.39, 0.29) is 11.8 Å². The van der Waals surface area contributed by atoms with Crippen molar-refractivity contribution >= 4 is 11.8 Å². The number of nitrogens with two attached hydrogens (primary N) is 2. The van der Waals surface area contributed by atoms with Gasteiger partial charge in [0.05, 0.1) is 0 Å². The predicted octanol–water partition coefficient (Wildman–Crippen LogP) is -1.26. The Kier molecular flexibility index (Phi) is 5.93. The van der Waals surface area contributed by atoms with Gasteiger partial charge >= 0.3 is 0 Å². The largest absolute Gasteiger partial charge is 0.341 e. The molecule has 0 radical (unpaired) electrons. The van der Waals surface area contributed by atoms with Gasteiger partial charge in [-0.05, 0) is 6.42 Å². The van der Waals surface area contributed by atoms with Gasteiger partial charge in [-0.2, -0.15) is 0 Å². The Balaban J connectivity index is 2.44. The second-order valence-electron chi connectivity index (χ2n) is 4.19. The molecule has 0 aromatic heterocycles. The average Bonchev–Trinajstić information content (AvgIpc) is 2.55. The van der Waals surface area contributed by atoms with Crippen LogP contribution in [0.15, 0.2) is 0 Å². The molecule has 0 spiro atoms. The van der Waals surface area contributed by atoms with Crippen molar-refractivity contribution in [2.24, 2.45) is 11.5 Å². The minimum absolute atomic E-state index is 0.0839. The fourth-order valence-electron chi connectivity index (χ4n) is 1.98. The molecule has 0 aromatic carbocycles. The van der Waals surface area contributed by atoms with Crippen LogP contribution in [-0.4, -0.2) is 60.9 Å². The maximum absolute atomic E-state index is 11.7. The van der Waals surface area contributed by atoms with E-state index in [0.717, 1.165) is 6.42 Å². The van der Waals surface area contributed by atoms with E-state index in [4.69, 9.17) is 11.5 Å². The van der Waals surface area contributed by atoms with Gasteiger partial charge in [0.25, 0.3) is 0 Å². The molecule has 4 N–H and O–H groups in total. The predicted molar refractivity (Wildman–Crippen MR) is 65.1 cm³/mol. The normalized spacial score (nSPS) is 16.8. The summed E-state index contributed by atoms with van der Waals surface area (Å²) in [7, 11) is 0. The molecule has 1 fully saturated rings. The van der Waals surface area contributed by atoms with E-state index in [1.807, 2.05) is 0 Å². The number of rotatable bonds is 4. The lowest BCUT2D eigenvalue weighted by Crippen LogP contribution is -2.38. The van der Waals surface area contributed by atoms with Crippen LogP contribution in [0, 0.1) is 0 Å². The lowest BCUT2D eigenvalue weighted by atomic mass is 10.3. The highest BCUT2D eigenvalue weighted by Gasteiger charge is 2.20. The Morgan fingerprint density at radius 2 is 1.24 bits per heavy atom. The smallest absolute Gasteiger partial charge is 0.223 e. The molecule has 2 amide bonds. The topological polar surface area (TPSA) is 92.7 Å². The van der Waals surface area contributed by atoms with Gasteiger partial charge in [0, 0.05) is 52.1 Å². The van der Waals surface area contributed by atoms with E-state index in [2.05, 4.69) is 0 Å². The minimum Gasteiger partial charge on any atom is -0.341 e. The molecular formula is C11H22N4O2. The first kappa shape index (κ1) is 13.9. The molecule has 0 unspecified atom stereocenters. The Morgan fingerprint density at radius 1 is 0.824 bits per heavy atom. The monoisotopic (exact) mass is 242 g/mol. The molecule has 0 saturated carbocycles. The molecular weight excluding hydrogens is 220 g/mol. The van der Waals surface area contributed by atoms with Gasteiger partial charge in [0.1, 0.15) is 0 Å². The van der Waals surface area contributed by atoms with E-state index < -0.39 is 0 Å². The van der Waals surface area contributed by atoms with Gasteiger partial charge in [-0.1, -0.05) is 0 Å². The highest BCUT2D eigenvalue weighted by atomic mass is 16.2. The highest BCUT2D eigenvalue weighted by molar-refractivity contribution is 5.78. The number of hydrogen-bond acceptors (Lipinski definition) is 4. The fourth-order valence-corrected chi connectivity index (χ4v) is 1.98. The van der Waals surface area contributed by atoms with Crippen LogP contribution >= 0.6 is 0 Å². The summed E-state index contributed by atoms with van der Waals surface area (Å²) in [5.41, 5.74) is 10.7. The van der Waals surface area contributed by atoms with Crippen LogP contribution in [0.4, 0.5) is 0 Å². The maximum Gasteiger partial charge on any atom is 0.223 e. The lowest BCUT2D eigenvalue weighted by Gasteiger charge is -2.22. The molecule has 98 valence electrons. The van der Waals surface area contributed by atoms with Gasteiger partial charge in [0.2, 0.25) is 11.8 Å². The molecule has 1 rings (SSSR count). The van der Waals surface area contributed by atoms with Crippen molar-refractivity contribution in [3.8, 4) is 0 Å². The SMILES string of the molecule is NCCC(=O)N1CCCN(C(=O)CCN)CC1. The lowest BCUT2D eigenvalue weighted by molar-refractivity contribution is -0.133. The van der Waals surface area contributed by atoms with Crippen LogP contribution in [0.3, 0.4) is 0 Å². The van der Waals surface area contributed by atoms with Crippen LogP contribution < -0.4 is 11.5 Å². The van der Waals surface area contributed by atoms with Crippen molar-refractivity contribution in [3.05, 3.63) is 0 Å². The summed E-state index contributed by atoms with van der Waals surface area (Å²) >= 11 is 0. The Hall–Kier alpha value is -1.14. The van der Waals surface area contributed by atoms with Crippen LogP contribution in [0.2, 0.25) is 0 Å². The summed E-state index contributed by atoms with van der Waals surface area (Å²) in [5.74, 6) is 0.168. The first-order valence-corrected chi connectivity index (χ1v) is 6.14. The molecule has 0 atom stereocenters. The molecule has 1 heterocycles. The first-order chi connectivity index (χ1) is 8.19. The van der Waals surface area contributed by atoms with Crippen LogP contribution in [-0.2, 0) is 9.59 Å². The van der Waals surface area contributed by atoms with Crippen molar-refractivity contribution < 1.29 is 9.59 Å². The van der Waals surface area contributed by atoms with Crippen molar-refractivity contribution in [2.75, 3.05) is 39.3 Å². The summed E-state index contributed by atoms with van der Waals surface area (Å²) in [6.45, 7) is 3.40. The van der Waals surface area contributed by atoms with E-state index in [0.29, 0.717) is 52.1 Å². The van der Waals surface area contributed by atoms with Crippen molar-refractivity contribution in [1.29, 1.82) is 0 Å². The van der Waals surface area contributed by atoms with E-state index in [1.165, 1.54) is 0 Å². The van der Waals surface area contributed by atoms with E-state index in [1.54, 1.807) is 9.80 Å². The number of nitrogens with zero attached hydrogens (tertiary/aromatic N) is 2. The summed E-state index contributed by atoms with van der Waals surface area (Å²) in [5, 5.41) is 0. The van der Waals surface area contributed by atoms with Gasteiger partial charge in [-0.25, -0.2) is 0 Å². The van der Waals surface area contributed by atoms with Gasteiger partial charge < -0.3 is 21.3 Å². The molecule has 6 heteroatoms. The van der Waals surface area contributed by atoms with Crippen LogP contribution in [0.1, 0.15) is 19.3 Å². The molecule has 1 aliphatic heterocycles. The molecule has 0 aromatic rings. The number of amides is 2. The van der Waals surface area contributed by atoms with Crippen molar-refractivity contribution in [3.63, 3.8) is 0 Å². The molecule has 1 aliphatic rings. The molecule has 0 bridgehead atoms. The zero-order valence-corrected chi connectivity index (χ0v) is 10.2. The van der Waals surface area contributed by atoms with E-state index in [9.17, 15) is 9.59 Å². The van der Waals surface area contributed by atoms with Gasteiger partial charge in [-0.3, -0.25) is 9.59 Å². The maximum atomic E-state index is 11.7. The standard InChI is InChI=1S/C11H22N4O2/c12-4-2-10(16)14-6-1-7-15(9-8-14)11(17)3-5-13/h1-9,12-13H2. The quantitative estimate of drug-likeness (QED) is 0.644. The van der Waals surface area contributed by atoms with Gasteiger partial charge in [0.15, 0.2) is 0 Å². The zero-order valence-electron chi connectivity index (χ0n) is 10.2.